The minimum absolute atomic E-state index is 0.0164. The molecule has 6 aliphatic rings. The lowest BCUT2D eigenvalue weighted by Crippen LogP contribution is -2.54. The summed E-state index contributed by atoms with van der Waals surface area (Å²) >= 11 is 6.47. The Labute approximate surface area is 498 Å². The number of amides is 4. The van der Waals surface area contributed by atoms with Crippen LogP contribution in [0.2, 0.25) is 5.02 Å². The van der Waals surface area contributed by atoms with Gasteiger partial charge in [0.15, 0.2) is 6.29 Å². The molecule has 1 saturated carbocycles. The largest absolute Gasteiger partial charge is 0.490 e. The molecule has 2 aromatic carbocycles. The SMILES string of the molecule is COC1CN(C(=O)c2cc(C(=O)NS3(=O)=NC(=O)c4ccc5c(c4)N(C[C@@H]4CC[C@H]4[C@@H](OC)/C=C/C[C@H](C)C3)C[C@@]3(CCCc4cc(Cl)ccc43)CO5)cn2C)C1.COC1CN(C(=O)c2cc(C(=O)O)cn2C)C1.Cn1cc(C(=O)O)cc1C=O. The van der Waals surface area contributed by atoms with Crippen LogP contribution in [0.1, 0.15) is 123 Å². The van der Waals surface area contributed by atoms with Gasteiger partial charge >= 0.3 is 11.9 Å². The van der Waals surface area contributed by atoms with Crippen LogP contribution in [-0.4, -0.2) is 171 Å². The van der Waals surface area contributed by atoms with E-state index < -0.39 is 33.7 Å². The highest BCUT2D eigenvalue weighted by atomic mass is 35.5. The molecule has 7 heterocycles. The highest BCUT2D eigenvalue weighted by Crippen LogP contribution is 2.47. The molecule has 3 aromatic heterocycles. The Morgan fingerprint density at radius 1 is 0.800 bits per heavy atom. The number of carboxylic acids is 2. The van der Waals surface area contributed by atoms with Crippen LogP contribution in [0.25, 0.3) is 0 Å². The van der Waals surface area contributed by atoms with Crippen LogP contribution < -0.4 is 14.4 Å². The summed E-state index contributed by atoms with van der Waals surface area (Å²) in [7, 11) is 6.28. The van der Waals surface area contributed by atoms with Gasteiger partial charge in [0.05, 0.1) is 58.7 Å². The molecule has 85 heavy (non-hydrogen) atoms. The van der Waals surface area contributed by atoms with Gasteiger partial charge in [-0.3, -0.25) is 28.7 Å². The number of benzene rings is 2. The number of fused-ring (bicyclic) bond motifs is 4. The molecule has 3 N–H and O–H groups in total. The van der Waals surface area contributed by atoms with E-state index in [1.54, 1.807) is 62.9 Å². The Morgan fingerprint density at radius 2 is 1.42 bits per heavy atom. The van der Waals surface area contributed by atoms with E-state index in [0.29, 0.717) is 86.7 Å². The van der Waals surface area contributed by atoms with Crippen LogP contribution in [0.3, 0.4) is 0 Å². The normalized spacial score (nSPS) is 24.1. The van der Waals surface area contributed by atoms with Crippen LogP contribution in [0, 0.1) is 17.8 Å². The van der Waals surface area contributed by atoms with Crippen molar-refractivity contribution in [1.29, 1.82) is 0 Å². The summed E-state index contributed by atoms with van der Waals surface area (Å²) in [6.07, 6.45) is 14.7. The molecule has 24 heteroatoms. The van der Waals surface area contributed by atoms with E-state index in [2.05, 4.69) is 38.3 Å². The number of carbonyl (C=O) groups excluding carboxylic acids is 5. The number of ether oxygens (including phenoxy) is 4. The number of nitrogens with zero attached hydrogens (tertiary/aromatic N) is 7. The molecule has 3 fully saturated rings. The number of likely N-dealkylation sites (tertiary alicyclic amines) is 2. The van der Waals surface area contributed by atoms with E-state index in [4.69, 9.17) is 40.8 Å². The zero-order valence-corrected chi connectivity index (χ0v) is 50.3. The van der Waals surface area contributed by atoms with E-state index >= 15 is 0 Å². The number of aromatic carboxylic acids is 2. The van der Waals surface area contributed by atoms with Crippen molar-refractivity contribution in [2.45, 2.75) is 69.2 Å². The standard InChI is InChI=1S/C43H52ClN5O7S.C11H14N2O4.C7H7NO3/c1-27-7-5-9-38(55-4)34-13-10-30(34)21-49-25-43(16-6-8-28-17-32(44)12-14-35(28)43)26-56-39-15-11-29(18-36(39)49)40(50)45-57(53,24-27)46-41(51)31-19-37(47(2)20-31)42(52)48-22-33(23-48)54-3;1-12-4-7(11(15)16)3-9(12)10(14)13-5-8(6-13)17-2;1-8-3-5(7(10)11)2-6(8)4-9/h5,9,11-12,14-15,17-20,27,30,33-34,38H,6-8,10,13,16,21-26H2,1-4H3,(H,45,46,50,51,53);3-4,8H,5-6H2,1-2H3,(H,15,16);2-4H,1H3,(H,10,11)/b9-5+;;/t27-,30-,34+,38-,43-,57?;;/m0../s1. The van der Waals surface area contributed by atoms with E-state index in [-0.39, 0.29) is 69.5 Å². The number of allylic oxidation sites excluding steroid dienone is 1. The molecule has 1 spiro atoms. The van der Waals surface area contributed by atoms with Crippen molar-refractivity contribution in [3.05, 3.63) is 141 Å². The summed E-state index contributed by atoms with van der Waals surface area (Å²) in [6, 6.07) is 15.7. The molecule has 22 nitrogen and oxygen atoms in total. The number of carboxylic acid groups (broad SMARTS) is 2. The molecule has 4 amide bonds. The van der Waals surface area contributed by atoms with Crippen LogP contribution in [0.4, 0.5) is 5.69 Å². The zero-order valence-electron chi connectivity index (χ0n) is 48.7. The van der Waals surface area contributed by atoms with Crippen LogP contribution in [0.15, 0.2) is 89.7 Å². The second kappa shape index (κ2) is 26.0. The van der Waals surface area contributed by atoms with Crippen molar-refractivity contribution >= 4 is 69.1 Å². The third kappa shape index (κ3) is 13.6. The molecule has 4 aliphatic heterocycles. The third-order valence-electron chi connectivity index (χ3n) is 17.1. The molecule has 2 aliphatic carbocycles. The average Bonchev–Trinajstić information content (AvgIpc) is 2.02. The molecule has 454 valence electrons. The minimum Gasteiger partial charge on any atom is -0.490 e. The summed E-state index contributed by atoms with van der Waals surface area (Å²) in [4.78, 5) is 90.2. The van der Waals surface area contributed by atoms with E-state index in [9.17, 15) is 37.8 Å². The lowest BCUT2D eigenvalue weighted by molar-refractivity contribution is -0.0196. The maximum atomic E-state index is 14.8. The maximum absolute atomic E-state index is 14.8. The Balaban J connectivity index is 0.000000251. The number of methoxy groups -OCH3 is 3. The summed E-state index contributed by atoms with van der Waals surface area (Å²) in [5.41, 5.74) is 4.73. The predicted octanol–water partition coefficient (Wildman–Crippen LogP) is 6.94. The first kappa shape index (κ1) is 62.0. The third-order valence-corrected chi connectivity index (χ3v) is 19.3. The first-order chi connectivity index (χ1) is 40.5. The lowest BCUT2D eigenvalue weighted by Gasteiger charge is -2.46. The Morgan fingerprint density at radius 3 is 1.99 bits per heavy atom. The molecule has 0 radical (unpaired) electrons. The number of anilines is 1. The summed E-state index contributed by atoms with van der Waals surface area (Å²) in [6.45, 7) is 5.90. The summed E-state index contributed by atoms with van der Waals surface area (Å²) < 4.78 is 49.4. The van der Waals surface area contributed by atoms with Gasteiger partial charge in [-0.25, -0.2) is 13.8 Å². The average molecular weight is 1210 g/mol. The number of rotatable bonds is 10. The lowest BCUT2D eigenvalue weighted by atomic mass is 9.68. The highest BCUT2D eigenvalue weighted by Gasteiger charge is 2.45. The van der Waals surface area contributed by atoms with E-state index in [1.165, 1.54) is 57.1 Å². The van der Waals surface area contributed by atoms with Gasteiger partial charge in [0.25, 0.3) is 23.6 Å². The number of halogens is 1. The van der Waals surface area contributed by atoms with Crippen molar-refractivity contribution in [1.82, 2.24) is 28.2 Å². The predicted molar refractivity (Wildman–Crippen MR) is 316 cm³/mol. The van der Waals surface area contributed by atoms with Gasteiger partial charge in [-0.2, -0.15) is 0 Å². The fourth-order valence-corrected chi connectivity index (χ4v) is 14.1. The second-order valence-electron chi connectivity index (χ2n) is 23.0. The monoisotopic (exact) mass is 1210 g/mol. The molecular formula is C61H73ClN8O14S. The van der Waals surface area contributed by atoms with Crippen molar-refractivity contribution in [2.24, 2.45) is 43.3 Å². The number of nitrogens with one attached hydrogen (secondary N) is 1. The van der Waals surface area contributed by atoms with Gasteiger partial charge in [0.1, 0.15) is 27.1 Å². The minimum atomic E-state index is -3.65. The first-order valence-corrected chi connectivity index (χ1v) is 30.3. The molecule has 5 aromatic rings. The van der Waals surface area contributed by atoms with Crippen LogP contribution >= 0.6 is 11.6 Å². The van der Waals surface area contributed by atoms with Crippen LogP contribution in [-0.2, 0) is 57.1 Å². The number of aromatic nitrogens is 3. The van der Waals surface area contributed by atoms with Gasteiger partial charge in [-0.1, -0.05) is 36.7 Å². The van der Waals surface area contributed by atoms with E-state index in [0.717, 1.165) is 49.4 Å². The van der Waals surface area contributed by atoms with Gasteiger partial charge in [-0.15, -0.1) is 4.36 Å². The molecule has 2 bridgehead atoms. The van der Waals surface area contributed by atoms with Gasteiger partial charge < -0.3 is 57.6 Å². The summed E-state index contributed by atoms with van der Waals surface area (Å²) in [5, 5.41) is 18.1. The van der Waals surface area contributed by atoms with E-state index in [1.807, 2.05) is 25.1 Å². The highest BCUT2D eigenvalue weighted by molar-refractivity contribution is 7.92. The summed E-state index contributed by atoms with van der Waals surface area (Å²) in [5.74, 6) is -2.73. The fourth-order valence-electron chi connectivity index (χ4n) is 12.0. The van der Waals surface area contributed by atoms with Gasteiger partial charge in [0, 0.05) is 116 Å². The number of carbonyl (C=O) groups is 7. The fraction of sp³-hybridized carbons (Fsp3) is 0.459. The number of aryl methyl sites for hydroxylation is 4. The van der Waals surface area contributed by atoms with Crippen molar-refractivity contribution in [3.63, 3.8) is 0 Å². The van der Waals surface area contributed by atoms with Crippen molar-refractivity contribution in [3.8, 4) is 5.75 Å². The molecule has 6 atom stereocenters. The van der Waals surface area contributed by atoms with Crippen molar-refractivity contribution < 1.29 is 66.9 Å². The molecule has 2 saturated heterocycles. The van der Waals surface area contributed by atoms with Crippen molar-refractivity contribution in [2.75, 3.05) is 77.9 Å². The molecule has 11 rings (SSSR count). The smallest absolute Gasteiger partial charge is 0.337 e. The maximum Gasteiger partial charge on any atom is 0.337 e. The first-order valence-electron chi connectivity index (χ1n) is 28.2. The molecule has 1 unspecified atom stereocenters. The second-order valence-corrected chi connectivity index (χ2v) is 25.4. The van der Waals surface area contributed by atoms with Gasteiger partial charge in [0.2, 0.25) is 0 Å². The number of hydrogen-bond acceptors (Lipinski definition) is 13. The van der Waals surface area contributed by atoms with Crippen LogP contribution in [0.5, 0.6) is 5.75 Å². The Kier molecular flexibility index (Phi) is 18.9. The van der Waals surface area contributed by atoms with Gasteiger partial charge in [-0.05, 0) is 116 Å². The number of hydrogen-bond donors (Lipinski definition) is 3. The Bertz CT molecular complexity index is 3550. The number of aldehydes is 1. The molecular weight excluding hydrogens is 1140 g/mol. The zero-order chi connectivity index (χ0) is 61.1. The quantitative estimate of drug-likeness (QED) is 0.0944. The Hall–Kier alpha value is -7.57. The topological polar surface area (TPSA) is 263 Å².